The molecule has 18 heavy (non-hydrogen) atoms. The summed E-state index contributed by atoms with van der Waals surface area (Å²) >= 11 is 0. The normalized spacial score (nSPS) is 11.0. The smallest absolute Gasteiger partial charge is 0.305 e. The Morgan fingerprint density at radius 2 is 1.94 bits per heavy atom. The molecule has 0 aliphatic heterocycles. The molecule has 3 aromatic rings. The minimum atomic E-state index is -0.410. The van der Waals surface area contributed by atoms with Crippen LogP contribution in [0.4, 0.5) is 4.39 Å². The molecule has 3 nitrogen and oxygen atoms in total. The lowest BCUT2D eigenvalue weighted by Gasteiger charge is -2.04. The van der Waals surface area contributed by atoms with Gasteiger partial charge in [-0.1, -0.05) is 18.2 Å². The fraction of sp³-hybridized carbons (Fsp3) is 0.0714. The lowest BCUT2D eigenvalue weighted by Crippen LogP contribution is -2.15. The van der Waals surface area contributed by atoms with Crippen LogP contribution in [0.25, 0.3) is 16.7 Å². The number of hydrogen-bond acceptors (Lipinski definition) is 1. The van der Waals surface area contributed by atoms with E-state index in [-0.39, 0.29) is 11.2 Å². The molecule has 0 saturated carbocycles. The Kier molecular flexibility index (Phi) is 2.30. The molecule has 0 radical (unpaired) electrons. The zero-order chi connectivity index (χ0) is 12.7. The number of nitrogens with zero attached hydrogens (tertiary/aromatic N) is 1. The molecule has 0 bridgehead atoms. The van der Waals surface area contributed by atoms with Crippen LogP contribution in [0.1, 0.15) is 5.56 Å². The Balaban J connectivity index is 2.42. The molecule has 1 N–H and O–H groups in total. The molecule has 90 valence electrons. The first kappa shape index (κ1) is 10.8. The zero-order valence-electron chi connectivity index (χ0n) is 9.77. The summed E-state index contributed by atoms with van der Waals surface area (Å²) in [6.07, 6.45) is 0. The lowest BCUT2D eigenvalue weighted by molar-refractivity contribution is 0.634. The summed E-state index contributed by atoms with van der Waals surface area (Å²) in [5.74, 6) is -0.410. The number of nitrogens with one attached hydrogen (secondary N) is 1. The number of imidazole rings is 1. The van der Waals surface area contributed by atoms with Crippen LogP contribution in [0, 0.1) is 12.7 Å². The molecule has 0 aliphatic rings. The molecule has 0 amide bonds. The zero-order valence-corrected chi connectivity index (χ0v) is 9.77. The van der Waals surface area contributed by atoms with Crippen molar-refractivity contribution < 1.29 is 4.39 Å². The molecule has 1 aromatic heterocycles. The number of halogens is 1. The third-order valence-corrected chi connectivity index (χ3v) is 2.91. The molecule has 0 saturated heterocycles. The SMILES string of the molecule is Cc1cccc(-n2c(=O)[nH]c3cccc(F)c32)c1. The highest BCUT2D eigenvalue weighted by atomic mass is 19.1. The number of aromatic nitrogens is 2. The average Bonchev–Trinajstić information content (AvgIpc) is 2.67. The van der Waals surface area contributed by atoms with Gasteiger partial charge in [-0.25, -0.2) is 9.18 Å². The van der Waals surface area contributed by atoms with Crippen LogP contribution in [0.3, 0.4) is 0 Å². The highest BCUT2D eigenvalue weighted by Crippen LogP contribution is 2.18. The van der Waals surface area contributed by atoms with Crippen molar-refractivity contribution in [3.8, 4) is 5.69 Å². The summed E-state index contributed by atoms with van der Waals surface area (Å²) in [6.45, 7) is 1.93. The van der Waals surface area contributed by atoms with Crippen molar-refractivity contribution in [2.75, 3.05) is 0 Å². The van der Waals surface area contributed by atoms with Crippen molar-refractivity contribution in [2.45, 2.75) is 6.92 Å². The Morgan fingerprint density at radius 1 is 1.17 bits per heavy atom. The molecule has 4 heteroatoms. The summed E-state index contributed by atoms with van der Waals surface area (Å²) in [5.41, 5.74) is 2.14. The van der Waals surface area contributed by atoms with Crippen LogP contribution >= 0.6 is 0 Å². The maximum absolute atomic E-state index is 13.9. The third-order valence-electron chi connectivity index (χ3n) is 2.91. The largest absolute Gasteiger partial charge is 0.331 e. The van der Waals surface area contributed by atoms with Gasteiger partial charge in [0.05, 0.1) is 11.2 Å². The third kappa shape index (κ3) is 1.54. The van der Waals surface area contributed by atoms with Crippen molar-refractivity contribution in [3.05, 3.63) is 64.3 Å². The fourth-order valence-electron chi connectivity index (χ4n) is 2.13. The van der Waals surface area contributed by atoms with Crippen molar-refractivity contribution in [1.29, 1.82) is 0 Å². The molecular weight excluding hydrogens is 231 g/mol. The average molecular weight is 242 g/mol. The van der Waals surface area contributed by atoms with E-state index >= 15 is 0 Å². The fourth-order valence-corrected chi connectivity index (χ4v) is 2.13. The quantitative estimate of drug-likeness (QED) is 0.700. The van der Waals surface area contributed by atoms with E-state index in [9.17, 15) is 9.18 Å². The van der Waals surface area contributed by atoms with Gasteiger partial charge in [-0.05, 0) is 36.8 Å². The summed E-state index contributed by atoms with van der Waals surface area (Å²) in [5, 5.41) is 0. The molecule has 0 unspecified atom stereocenters. The molecular formula is C14H11FN2O. The molecule has 0 spiro atoms. The molecule has 0 aliphatic carbocycles. The molecule has 3 rings (SSSR count). The van der Waals surface area contributed by atoms with Crippen LogP contribution in [-0.2, 0) is 0 Å². The Hall–Kier alpha value is -2.36. The van der Waals surface area contributed by atoms with Gasteiger partial charge in [-0.3, -0.25) is 4.57 Å². The number of aromatic amines is 1. The van der Waals surface area contributed by atoms with Gasteiger partial charge >= 0.3 is 5.69 Å². The number of rotatable bonds is 1. The van der Waals surface area contributed by atoms with Crippen LogP contribution in [-0.4, -0.2) is 9.55 Å². The number of hydrogen-bond donors (Lipinski definition) is 1. The number of H-pyrrole nitrogens is 1. The van der Waals surface area contributed by atoms with Crippen LogP contribution in [0.15, 0.2) is 47.3 Å². The minimum Gasteiger partial charge on any atom is -0.305 e. The van der Waals surface area contributed by atoms with Crippen molar-refractivity contribution in [3.63, 3.8) is 0 Å². The van der Waals surface area contributed by atoms with E-state index in [4.69, 9.17) is 0 Å². The van der Waals surface area contributed by atoms with E-state index in [1.807, 2.05) is 25.1 Å². The molecule has 0 fully saturated rings. The van der Waals surface area contributed by atoms with Crippen molar-refractivity contribution >= 4 is 11.0 Å². The number of para-hydroxylation sites is 1. The minimum absolute atomic E-state index is 0.285. The van der Waals surface area contributed by atoms with Gasteiger partial charge in [0.25, 0.3) is 0 Å². The molecule has 0 atom stereocenters. The molecule has 1 heterocycles. The van der Waals surface area contributed by atoms with E-state index in [1.54, 1.807) is 18.2 Å². The van der Waals surface area contributed by atoms with Gasteiger partial charge in [0.15, 0.2) is 0 Å². The first-order valence-electron chi connectivity index (χ1n) is 5.63. The van der Waals surface area contributed by atoms with Gasteiger partial charge in [0.2, 0.25) is 0 Å². The summed E-state index contributed by atoms with van der Waals surface area (Å²) in [7, 11) is 0. The Labute approximate surface area is 103 Å². The highest BCUT2D eigenvalue weighted by Gasteiger charge is 2.12. The predicted molar refractivity (Wildman–Crippen MR) is 68.6 cm³/mol. The van der Waals surface area contributed by atoms with E-state index in [0.29, 0.717) is 11.2 Å². The van der Waals surface area contributed by atoms with E-state index in [2.05, 4.69) is 4.98 Å². The number of fused-ring (bicyclic) bond motifs is 1. The second kappa shape index (κ2) is 3.84. The predicted octanol–water partition coefficient (Wildman–Crippen LogP) is 2.77. The second-order valence-corrected chi connectivity index (χ2v) is 4.24. The van der Waals surface area contributed by atoms with Crippen molar-refractivity contribution in [2.24, 2.45) is 0 Å². The highest BCUT2D eigenvalue weighted by molar-refractivity contribution is 5.77. The van der Waals surface area contributed by atoms with Crippen LogP contribution in [0.2, 0.25) is 0 Å². The maximum Gasteiger partial charge on any atom is 0.331 e. The van der Waals surface area contributed by atoms with Gasteiger partial charge in [-0.15, -0.1) is 0 Å². The number of benzene rings is 2. The van der Waals surface area contributed by atoms with Gasteiger partial charge in [-0.2, -0.15) is 0 Å². The van der Waals surface area contributed by atoms with E-state index in [0.717, 1.165) is 5.56 Å². The standard InChI is InChI=1S/C14H11FN2O/c1-9-4-2-5-10(8-9)17-13-11(15)6-3-7-12(13)16-14(17)18/h2-8H,1H3,(H,16,18). The second-order valence-electron chi connectivity index (χ2n) is 4.24. The van der Waals surface area contributed by atoms with Crippen LogP contribution in [0.5, 0.6) is 0 Å². The van der Waals surface area contributed by atoms with Crippen molar-refractivity contribution in [1.82, 2.24) is 9.55 Å². The molecule has 2 aromatic carbocycles. The summed E-state index contributed by atoms with van der Waals surface area (Å²) in [6, 6.07) is 12.0. The Morgan fingerprint density at radius 3 is 2.72 bits per heavy atom. The first-order valence-corrected chi connectivity index (χ1v) is 5.63. The maximum atomic E-state index is 13.9. The Bertz CT molecular complexity index is 786. The topological polar surface area (TPSA) is 37.8 Å². The van der Waals surface area contributed by atoms with E-state index < -0.39 is 5.82 Å². The van der Waals surface area contributed by atoms with Gasteiger partial charge in [0.1, 0.15) is 11.3 Å². The monoisotopic (exact) mass is 242 g/mol. The summed E-state index contributed by atoms with van der Waals surface area (Å²) in [4.78, 5) is 14.6. The first-order chi connectivity index (χ1) is 8.66. The van der Waals surface area contributed by atoms with Crippen LogP contribution < -0.4 is 5.69 Å². The van der Waals surface area contributed by atoms with Gasteiger partial charge < -0.3 is 4.98 Å². The number of aryl methyl sites for hydroxylation is 1. The lowest BCUT2D eigenvalue weighted by atomic mass is 10.2. The summed E-state index contributed by atoms with van der Waals surface area (Å²) < 4.78 is 15.2. The van der Waals surface area contributed by atoms with Gasteiger partial charge in [0, 0.05) is 0 Å². The van der Waals surface area contributed by atoms with E-state index in [1.165, 1.54) is 10.6 Å².